The quantitative estimate of drug-likeness (QED) is 0.0960. The summed E-state index contributed by atoms with van der Waals surface area (Å²) in [6.45, 7) is 8.05. The molecule has 13 nitrogen and oxygen atoms in total. The largest absolute Gasteiger partial charge is 0.453 e. The molecule has 60 heavy (non-hydrogen) atoms. The van der Waals surface area contributed by atoms with E-state index in [1.165, 1.54) is 7.11 Å². The first-order chi connectivity index (χ1) is 28.8. The molecule has 6 rings (SSSR count). The van der Waals surface area contributed by atoms with E-state index in [0.29, 0.717) is 44.7 Å². The minimum Gasteiger partial charge on any atom is -0.453 e. The number of hydrogen-bond donors (Lipinski definition) is 4. The van der Waals surface area contributed by atoms with E-state index in [2.05, 4.69) is 62.8 Å². The van der Waals surface area contributed by atoms with Gasteiger partial charge in [-0.15, -0.1) is 0 Å². The Balaban J connectivity index is 1.06. The highest BCUT2D eigenvalue weighted by Gasteiger charge is 2.42. The fourth-order valence-corrected chi connectivity index (χ4v) is 8.03. The standard InChI is InChI=1S/C47H60N8O5/c1-47(2,3)42(49-46(59)60-6)45(58)54-29-13-19-39(54)43(56)48-36-25-21-33(22-26-36)31-53(38-17-11-8-12-18-38)32-34-23-27-37(28-24-34)50-51-40-20-14-30-55(40)44(57)41(52(4)5)35-15-9-7-10-16-35/h7-12,15-18,21-28,39-42,50-51H,13-14,19-20,29-32H2,1-6H3,(H,48,56)(H,49,59). The second-order valence-corrected chi connectivity index (χ2v) is 16.9. The number of amides is 4. The zero-order valence-corrected chi connectivity index (χ0v) is 35.7. The zero-order valence-electron chi connectivity index (χ0n) is 35.7. The number of methoxy groups -OCH3 is 1. The number of anilines is 3. The Kier molecular flexibility index (Phi) is 14.5. The highest BCUT2D eigenvalue weighted by atomic mass is 16.5. The van der Waals surface area contributed by atoms with Gasteiger partial charge >= 0.3 is 6.09 Å². The van der Waals surface area contributed by atoms with Crippen LogP contribution in [-0.4, -0.2) is 91.1 Å². The third-order valence-corrected chi connectivity index (χ3v) is 11.2. The van der Waals surface area contributed by atoms with Gasteiger partial charge in [0.2, 0.25) is 17.7 Å². The molecule has 2 aliphatic heterocycles. The van der Waals surface area contributed by atoms with Crippen molar-refractivity contribution in [2.45, 2.75) is 83.8 Å². The molecule has 2 aliphatic rings. The molecule has 4 aromatic rings. The fraction of sp³-hybridized carbons (Fsp3) is 0.404. The molecular weight excluding hydrogens is 757 g/mol. The first kappa shape index (κ1) is 43.7. The average molecular weight is 817 g/mol. The Bertz CT molecular complexity index is 2040. The SMILES string of the molecule is COC(=O)NC(C(=O)N1CCCC1C(=O)Nc1ccc(CN(Cc2ccc(NNC3CCCN3C(=O)C(c3ccccc3)N(C)C)cc2)c2ccccc2)cc1)C(C)(C)C. The summed E-state index contributed by atoms with van der Waals surface area (Å²) in [6, 6.07) is 34.5. The summed E-state index contributed by atoms with van der Waals surface area (Å²) in [4.78, 5) is 60.9. The Labute approximate surface area is 354 Å². The smallest absolute Gasteiger partial charge is 0.407 e. The topological polar surface area (TPSA) is 139 Å². The molecule has 0 radical (unpaired) electrons. The van der Waals surface area contributed by atoms with E-state index in [-0.39, 0.29) is 29.9 Å². The number of likely N-dealkylation sites (N-methyl/N-ethyl adjacent to an activating group) is 1. The number of carbonyl (C=O) groups excluding carboxylic acids is 4. The zero-order chi connectivity index (χ0) is 42.8. The molecule has 2 heterocycles. The lowest BCUT2D eigenvalue weighted by Crippen LogP contribution is -2.57. The van der Waals surface area contributed by atoms with Crippen molar-refractivity contribution in [1.82, 2.24) is 25.4 Å². The molecule has 0 aliphatic carbocycles. The average Bonchev–Trinajstić information content (AvgIpc) is 3.94. The monoisotopic (exact) mass is 816 g/mol. The number of para-hydroxylation sites is 1. The molecule has 4 N–H and O–H groups in total. The van der Waals surface area contributed by atoms with Gasteiger partial charge in [0, 0.05) is 43.2 Å². The first-order valence-electron chi connectivity index (χ1n) is 20.8. The van der Waals surface area contributed by atoms with Crippen LogP contribution >= 0.6 is 0 Å². The van der Waals surface area contributed by atoms with Crippen LogP contribution in [0.5, 0.6) is 0 Å². The molecule has 0 aromatic heterocycles. The van der Waals surface area contributed by atoms with Gasteiger partial charge in [-0.2, -0.15) is 0 Å². The number of hydrogen-bond acceptors (Lipinski definition) is 9. The number of nitrogens with zero attached hydrogens (tertiary/aromatic N) is 4. The Morgan fingerprint density at radius 1 is 0.733 bits per heavy atom. The molecule has 2 fully saturated rings. The molecule has 318 valence electrons. The molecule has 0 bridgehead atoms. The van der Waals surface area contributed by atoms with Crippen molar-refractivity contribution in [3.63, 3.8) is 0 Å². The molecule has 13 heteroatoms. The summed E-state index contributed by atoms with van der Waals surface area (Å²) in [5.41, 5.74) is 12.0. The van der Waals surface area contributed by atoms with Crippen molar-refractivity contribution in [3.8, 4) is 0 Å². The maximum absolute atomic E-state index is 13.8. The van der Waals surface area contributed by atoms with E-state index in [0.717, 1.165) is 40.9 Å². The first-order valence-corrected chi connectivity index (χ1v) is 20.8. The van der Waals surface area contributed by atoms with Gasteiger partial charge in [-0.05, 0) is 98.3 Å². The Morgan fingerprint density at radius 3 is 1.88 bits per heavy atom. The molecule has 4 unspecified atom stereocenters. The second-order valence-electron chi connectivity index (χ2n) is 16.9. The van der Waals surface area contributed by atoms with Gasteiger partial charge in [-0.1, -0.05) is 93.6 Å². The third-order valence-electron chi connectivity index (χ3n) is 11.2. The highest BCUT2D eigenvalue weighted by molar-refractivity contribution is 5.98. The second kappa shape index (κ2) is 19.9. The molecule has 0 saturated carbocycles. The van der Waals surface area contributed by atoms with E-state index < -0.39 is 23.6 Å². The van der Waals surface area contributed by atoms with Crippen molar-refractivity contribution in [1.29, 1.82) is 0 Å². The molecular formula is C47H60N8O5. The van der Waals surface area contributed by atoms with Gasteiger partial charge in [0.1, 0.15) is 18.1 Å². The summed E-state index contributed by atoms with van der Waals surface area (Å²) >= 11 is 0. The number of rotatable bonds is 15. The van der Waals surface area contributed by atoms with Gasteiger partial charge in [0.25, 0.3) is 0 Å². The Morgan fingerprint density at radius 2 is 1.30 bits per heavy atom. The molecule has 4 aromatic carbocycles. The van der Waals surface area contributed by atoms with E-state index in [1.807, 2.05) is 117 Å². The van der Waals surface area contributed by atoms with Crippen LogP contribution in [0.2, 0.25) is 0 Å². The molecule has 0 spiro atoms. The number of alkyl carbamates (subject to hydrolysis) is 1. The lowest BCUT2D eigenvalue weighted by atomic mass is 9.85. The molecule has 4 atom stereocenters. The lowest BCUT2D eigenvalue weighted by Gasteiger charge is -2.35. The van der Waals surface area contributed by atoms with Gasteiger partial charge in [-0.25, -0.2) is 10.2 Å². The van der Waals surface area contributed by atoms with Gasteiger partial charge in [-0.3, -0.25) is 19.3 Å². The van der Waals surface area contributed by atoms with Crippen LogP contribution < -0.4 is 26.4 Å². The molecule has 4 amide bonds. The molecule has 2 saturated heterocycles. The third kappa shape index (κ3) is 11.0. The van der Waals surface area contributed by atoms with Crippen molar-refractivity contribution in [2.75, 3.05) is 49.9 Å². The van der Waals surface area contributed by atoms with Crippen LogP contribution in [0.4, 0.5) is 21.9 Å². The van der Waals surface area contributed by atoms with E-state index >= 15 is 0 Å². The number of likely N-dealkylation sites (tertiary alicyclic amines) is 2. The van der Waals surface area contributed by atoms with Crippen molar-refractivity contribution in [3.05, 3.63) is 126 Å². The van der Waals surface area contributed by atoms with Gasteiger partial charge in [0.15, 0.2) is 0 Å². The van der Waals surface area contributed by atoms with Crippen LogP contribution in [0.1, 0.15) is 69.2 Å². The number of carbonyl (C=O) groups is 4. The van der Waals surface area contributed by atoms with Gasteiger partial charge in [0.05, 0.1) is 13.3 Å². The van der Waals surface area contributed by atoms with Crippen LogP contribution in [0.15, 0.2) is 109 Å². The van der Waals surface area contributed by atoms with E-state index in [1.54, 1.807) is 4.90 Å². The van der Waals surface area contributed by atoms with E-state index in [4.69, 9.17) is 4.74 Å². The van der Waals surface area contributed by atoms with Crippen molar-refractivity contribution < 1.29 is 23.9 Å². The maximum Gasteiger partial charge on any atom is 0.407 e. The minimum absolute atomic E-state index is 0.0877. The summed E-state index contributed by atoms with van der Waals surface area (Å²) in [6.07, 6.45) is 2.22. The van der Waals surface area contributed by atoms with Crippen LogP contribution in [0.25, 0.3) is 0 Å². The number of hydrazine groups is 1. The van der Waals surface area contributed by atoms with Crippen molar-refractivity contribution in [2.24, 2.45) is 5.41 Å². The minimum atomic E-state index is -0.842. The van der Waals surface area contributed by atoms with Gasteiger partial charge < -0.3 is 35.5 Å². The summed E-state index contributed by atoms with van der Waals surface area (Å²) in [5.74, 6) is -0.468. The predicted molar refractivity (Wildman–Crippen MR) is 236 cm³/mol. The number of ether oxygens (including phenoxy) is 1. The van der Waals surface area contributed by atoms with Crippen LogP contribution in [0, 0.1) is 5.41 Å². The van der Waals surface area contributed by atoms with E-state index in [9.17, 15) is 19.2 Å². The summed E-state index contributed by atoms with van der Waals surface area (Å²) < 4.78 is 4.77. The Hall–Kier alpha value is -5.92. The normalized spacial score (nSPS) is 17.5. The summed E-state index contributed by atoms with van der Waals surface area (Å²) in [7, 11) is 5.15. The van der Waals surface area contributed by atoms with Crippen LogP contribution in [0.3, 0.4) is 0 Å². The highest BCUT2D eigenvalue weighted by Crippen LogP contribution is 2.29. The summed E-state index contributed by atoms with van der Waals surface area (Å²) in [5, 5.41) is 5.68. The predicted octanol–water partition coefficient (Wildman–Crippen LogP) is 6.76. The number of benzene rings is 4. The maximum atomic E-state index is 13.8. The van der Waals surface area contributed by atoms with Crippen molar-refractivity contribution >= 4 is 40.9 Å². The fourth-order valence-electron chi connectivity index (χ4n) is 8.03. The number of nitrogens with one attached hydrogen (secondary N) is 4. The van der Waals surface area contributed by atoms with Crippen LogP contribution in [-0.2, 0) is 32.2 Å². The lowest BCUT2D eigenvalue weighted by molar-refractivity contribution is -0.140.